The smallest absolute Gasteiger partial charge is 0.144 e. The fourth-order valence-electron chi connectivity index (χ4n) is 2.89. The Balaban J connectivity index is 0.000000269. The Kier molecular flexibility index (Phi) is 11.4. The van der Waals surface area contributed by atoms with Crippen molar-refractivity contribution in [3.63, 3.8) is 0 Å². The Morgan fingerprint density at radius 3 is 2.03 bits per heavy atom. The summed E-state index contributed by atoms with van der Waals surface area (Å²) >= 11 is 3.25. The molecule has 11 heteroatoms. The first-order chi connectivity index (χ1) is 16.9. The van der Waals surface area contributed by atoms with E-state index in [1.165, 1.54) is 0 Å². The van der Waals surface area contributed by atoms with Gasteiger partial charge in [-0.15, -0.1) is 0 Å². The van der Waals surface area contributed by atoms with E-state index in [-0.39, 0.29) is 0 Å². The van der Waals surface area contributed by atoms with Crippen molar-refractivity contribution in [1.29, 1.82) is 10.5 Å². The minimum absolute atomic E-state index is 0.477. The molecule has 0 atom stereocenters. The summed E-state index contributed by atoms with van der Waals surface area (Å²) in [5, 5.41) is 24.2. The third kappa shape index (κ3) is 8.50. The second-order valence-corrected chi connectivity index (χ2v) is 8.05. The summed E-state index contributed by atoms with van der Waals surface area (Å²) in [5.74, 6) is 1.14. The molecule has 0 amide bonds. The molecule has 0 saturated carbocycles. The van der Waals surface area contributed by atoms with Gasteiger partial charge >= 0.3 is 0 Å². The summed E-state index contributed by atoms with van der Waals surface area (Å²) in [7, 11) is 3.25. The molecule has 3 heterocycles. The zero-order valence-electron chi connectivity index (χ0n) is 19.8. The van der Waals surface area contributed by atoms with Crippen LogP contribution in [0.4, 0.5) is 17.3 Å². The molecule has 0 aliphatic rings. The molecule has 10 nitrogen and oxygen atoms in total. The summed E-state index contributed by atoms with van der Waals surface area (Å²) in [6.45, 7) is 4.26. The van der Waals surface area contributed by atoms with E-state index in [0.717, 1.165) is 21.3 Å². The maximum atomic E-state index is 9.27. The normalized spacial score (nSPS) is 9.89. The van der Waals surface area contributed by atoms with Crippen LogP contribution < -0.4 is 16.4 Å². The lowest BCUT2D eigenvalue weighted by atomic mass is 10.0. The molecule has 0 aliphatic heterocycles. The van der Waals surface area contributed by atoms with Gasteiger partial charge in [0.05, 0.1) is 36.2 Å². The summed E-state index contributed by atoms with van der Waals surface area (Å²) in [6, 6.07) is 9.56. The number of nitrogen functional groups attached to an aromatic ring is 1. The van der Waals surface area contributed by atoms with Crippen LogP contribution in [0.5, 0.6) is 0 Å². The van der Waals surface area contributed by atoms with E-state index < -0.39 is 0 Å². The number of methoxy groups -OCH3 is 2. The molecule has 0 unspecified atom stereocenters. The molecule has 0 bridgehead atoms. The third-order valence-electron chi connectivity index (χ3n) is 4.60. The number of nitrogens with zero attached hydrogens (tertiary/aromatic N) is 5. The molecule has 0 aromatic carbocycles. The van der Waals surface area contributed by atoms with Crippen LogP contribution in [-0.4, -0.2) is 55.5 Å². The number of hydrogen-bond donors (Lipinski definition) is 3. The Labute approximate surface area is 213 Å². The highest BCUT2D eigenvalue weighted by Crippen LogP contribution is 2.26. The van der Waals surface area contributed by atoms with Gasteiger partial charge in [-0.1, -0.05) is 0 Å². The Bertz CT molecular complexity index is 1210. The molecule has 182 valence electrons. The van der Waals surface area contributed by atoms with Crippen LogP contribution in [0.25, 0.3) is 11.1 Å². The Morgan fingerprint density at radius 2 is 1.46 bits per heavy atom. The van der Waals surface area contributed by atoms with Crippen LogP contribution in [-0.2, 0) is 9.47 Å². The highest BCUT2D eigenvalue weighted by Gasteiger charge is 2.09. The maximum Gasteiger partial charge on any atom is 0.144 e. The monoisotopic (exact) mass is 538 g/mol. The number of anilines is 3. The minimum Gasteiger partial charge on any atom is -0.397 e. The van der Waals surface area contributed by atoms with E-state index in [1.54, 1.807) is 44.9 Å². The first kappa shape index (κ1) is 27.5. The molecule has 3 aromatic heterocycles. The molecule has 0 spiro atoms. The number of aromatic nitrogens is 3. The van der Waals surface area contributed by atoms with Crippen molar-refractivity contribution >= 4 is 33.3 Å². The van der Waals surface area contributed by atoms with Crippen LogP contribution in [0, 0.1) is 29.6 Å². The molecule has 0 saturated heterocycles. The first-order valence-electron chi connectivity index (χ1n) is 10.6. The van der Waals surface area contributed by atoms with Gasteiger partial charge in [0.15, 0.2) is 0 Å². The third-order valence-corrected chi connectivity index (χ3v) is 5.03. The van der Waals surface area contributed by atoms with Gasteiger partial charge in [-0.05, 0) is 41.1 Å². The summed E-state index contributed by atoms with van der Waals surface area (Å²) in [5.41, 5.74) is 9.89. The summed E-state index contributed by atoms with van der Waals surface area (Å²) in [6.07, 6.45) is 4.97. The van der Waals surface area contributed by atoms with Gasteiger partial charge < -0.3 is 25.8 Å². The average molecular weight is 539 g/mol. The van der Waals surface area contributed by atoms with Gasteiger partial charge in [0, 0.05) is 61.0 Å². The highest BCUT2D eigenvalue weighted by atomic mass is 79.9. The number of nitriles is 2. The molecule has 3 aromatic rings. The van der Waals surface area contributed by atoms with Crippen molar-refractivity contribution < 1.29 is 9.47 Å². The van der Waals surface area contributed by atoms with E-state index in [0.29, 0.717) is 54.8 Å². The average Bonchev–Trinajstić information content (AvgIpc) is 2.87. The minimum atomic E-state index is 0.477. The number of pyridine rings is 3. The standard InChI is InChI=1S/C15H17N5O.C9H10BrN3O/c1-10-14(6-13(17)9-19-10)12-5-11(7-16)15(20-8-12)18-3-4-21-2;1-14-3-2-12-9-7(5-11)4-8(10)6-13-9/h5-6,8-9H,3-4,17H2,1-2H3,(H,18,20);4,6H,2-3H2,1H3,(H,12,13). The van der Waals surface area contributed by atoms with E-state index in [2.05, 4.69) is 53.7 Å². The highest BCUT2D eigenvalue weighted by molar-refractivity contribution is 9.10. The molecule has 35 heavy (non-hydrogen) atoms. The van der Waals surface area contributed by atoms with Crippen molar-refractivity contribution in [2.24, 2.45) is 0 Å². The van der Waals surface area contributed by atoms with Gasteiger partial charge in [0.1, 0.15) is 23.8 Å². The Morgan fingerprint density at radius 1 is 0.886 bits per heavy atom. The van der Waals surface area contributed by atoms with Gasteiger partial charge in [-0.25, -0.2) is 9.97 Å². The number of nitrogens with one attached hydrogen (secondary N) is 2. The summed E-state index contributed by atoms with van der Waals surface area (Å²) in [4.78, 5) is 12.6. The van der Waals surface area contributed by atoms with Crippen molar-refractivity contribution in [3.8, 4) is 23.3 Å². The lowest BCUT2D eigenvalue weighted by molar-refractivity contribution is 0.210. The quantitative estimate of drug-likeness (QED) is 0.343. The van der Waals surface area contributed by atoms with Gasteiger partial charge in [0.2, 0.25) is 0 Å². The zero-order valence-corrected chi connectivity index (χ0v) is 21.4. The van der Waals surface area contributed by atoms with Crippen molar-refractivity contribution in [2.75, 3.05) is 56.9 Å². The van der Waals surface area contributed by atoms with Crippen LogP contribution in [0.1, 0.15) is 16.8 Å². The van der Waals surface area contributed by atoms with Crippen LogP contribution >= 0.6 is 15.9 Å². The first-order valence-corrected chi connectivity index (χ1v) is 11.4. The largest absolute Gasteiger partial charge is 0.397 e. The van der Waals surface area contributed by atoms with E-state index in [9.17, 15) is 5.26 Å². The van der Waals surface area contributed by atoms with E-state index in [1.807, 2.05) is 13.0 Å². The fraction of sp³-hybridized carbons (Fsp3) is 0.292. The number of ether oxygens (including phenoxy) is 2. The molecule has 3 rings (SSSR count). The number of nitrogens with two attached hydrogens (primary N) is 1. The number of hydrogen-bond acceptors (Lipinski definition) is 10. The van der Waals surface area contributed by atoms with Crippen molar-refractivity contribution in [1.82, 2.24) is 15.0 Å². The van der Waals surface area contributed by atoms with Crippen LogP contribution in [0.2, 0.25) is 0 Å². The topological polar surface area (TPSA) is 155 Å². The molecular formula is C24H27BrN8O2. The second kappa shape index (κ2) is 14.5. The van der Waals surface area contributed by atoms with E-state index >= 15 is 0 Å². The zero-order chi connectivity index (χ0) is 25.6. The molecule has 0 radical (unpaired) electrons. The van der Waals surface area contributed by atoms with Crippen molar-refractivity contribution in [2.45, 2.75) is 6.92 Å². The van der Waals surface area contributed by atoms with Crippen LogP contribution in [0.3, 0.4) is 0 Å². The van der Waals surface area contributed by atoms with Gasteiger partial charge in [-0.2, -0.15) is 10.5 Å². The lowest BCUT2D eigenvalue weighted by Crippen LogP contribution is -2.10. The Hall–Kier alpha value is -3.77. The van der Waals surface area contributed by atoms with E-state index in [4.69, 9.17) is 20.5 Å². The molecule has 0 fully saturated rings. The van der Waals surface area contributed by atoms with Gasteiger partial charge in [0.25, 0.3) is 0 Å². The number of halogens is 1. The maximum absolute atomic E-state index is 9.27. The predicted molar refractivity (Wildman–Crippen MR) is 139 cm³/mol. The predicted octanol–water partition coefficient (Wildman–Crippen LogP) is 3.74. The van der Waals surface area contributed by atoms with Gasteiger partial charge in [-0.3, -0.25) is 4.98 Å². The molecular weight excluding hydrogens is 512 g/mol. The number of aryl methyl sites for hydroxylation is 1. The second-order valence-electron chi connectivity index (χ2n) is 7.13. The fourth-order valence-corrected chi connectivity index (χ4v) is 3.22. The summed E-state index contributed by atoms with van der Waals surface area (Å²) < 4.78 is 10.6. The van der Waals surface area contributed by atoms with Crippen molar-refractivity contribution in [3.05, 3.63) is 58.1 Å². The molecule has 4 N–H and O–H groups in total. The lowest BCUT2D eigenvalue weighted by Gasteiger charge is -2.10. The molecule has 0 aliphatic carbocycles. The number of rotatable bonds is 9. The SMILES string of the molecule is COCCNc1ncc(-c2cc(N)cnc2C)cc1C#N.COCCNc1ncc(Br)cc1C#N. The van der Waals surface area contributed by atoms with Crippen LogP contribution in [0.15, 0.2) is 41.3 Å².